The monoisotopic (exact) mass is 221 g/mol. The van der Waals surface area contributed by atoms with Gasteiger partial charge in [-0.3, -0.25) is 0 Å². The largest absolute Gasteiger partial charge is 0.507 e. The van der Waals surface area contributed by atoms with E-state index in [2.05, 4.69) is 0 Å². The van der Waals surface area contributed by atoms with E-state index in [0.29, 0.717) is 5.75 Å². The van der Waals surface area contributed by atoms with Crippen molar-refractivity contribution in [1.82, 2.24) is 0 Å². The van der Waals surface area contributed by atoms with Crippen LogP contribution in [0.5, 0.6) is 11.5 Å². The Morgan fingerprint density at radius 3 is 2.75 bits per heavy atom. The molecule has 0 radical (unpaired) electrons. The van der Waals surface area contributed by atoms with E-state index in [9.17, 15) is 9.90 Å². The number of phenolic OH excluding ortho intramolecular Hbond substituents is 1. The molecule has 0 aliphatic carbocycles. The standard InChI is InChI=1S/C11H11NO4/c1-7(6-12)16-11(14)9-4-3-8(15-2)5-10(9)13/h3-5,7,13H,1-2H3/t7-/m1/s1. The summed E-state index contributed by atoms with van der Waals surface area (Å²) in [6.45, 7) is 1.44. The minimum Gasteiger partial charge on any atom is -0.507 e. The third-order valence-corrected chi connectivity index (χ3v) is 1.89. The van der Waals surface area contributed by atoms with Crippen LogP contribution in [0, 0.1) is 11.3 Å². The van der Waals surface area contributed by atoms with Crippen molar-refractivity contribution in [2.24, 2.45) is 0 Å². The van der Waals surface area contributed by atoms with E-state index in [1.807, 2.05) is 0 Å². The fourth-order valence-corrected chi connectivity index (χ4v) is 1.06. The lowest BCUT2D eigenvalue weighted by Crippen LogP contribution is -2.13. The van der Waals surface area contributed by atoms with E-state index in [1.165, 1.54) is 32.2 Å². The van der Waals surface area contributed by atoms with Gasteiger partial charge < -0.3 is 14.6 Å². The maximum atomic E-state index is 11.5. The van der Waals surface area contributed by atoms with Gasteiger partial charge in [0.15, 0.2) is 6.10 Å². The lowest BCUT2D eigenvalue weighted by atomic mass is 10.2. The van der Waals surface area contributed by atoms with Crippen molar-refractivity contribution >= 4 is 5.97 Å². The smallest absolute Gasteiger partial charge is 0.343 e. The van der Waals surface area contributed by atoms with Crippen molar-refractivity contribution in [2.75, 3.05) is 7.11 Å². The van der Waals surface area contributed by atoms with Gasteiger partial charge in [0.1, 0.15) is 23.1 Å². The van der Waals surface area contributed by atoms with Gasteiger partial charge in [-0.05, 0) is 19.1 Å². The van der Waals surface area contributed by atoms with Crippen LogP contribution in [0.2, 0.25) is 0 Å². The minimum atomic E-state index is -0.853. The molecule has 1 N–H and O–H groups in total. The zero-order valence-electron chi connectivity index (χ0n) is 8.93. The summed E-state index contributed by atoms with van der Waals surface area (Å²) in [6.07, 6.45) is -0.853. The Balaban J connectivity index is 2.89. The molecule has 0 bridgehead atoms. The highest BCUT2D eigenvalue weighted by molar-refractivity contribution is 5.92. The topological polar surface area (TPSA) is 79.5 Å². The lowest BCUT2D eigenvalue weighted by Gasteiger charge is -2.08. The second kappa shape index (κ2) is 5.03. The molecule has 0 aliphatic heterocycles. The van der Waals surface area contributed by atoms with E-state index in [0.717, 1.165) is 0 Å². The van der Waals surface area contributed by atoms with Crippen molar-refractivity contribution in [3.63, 3.8) is 0 Å². The summed E-state index contributed by atoms with van der Waals surface area (Å²) < 4.78 is 9.61. The molecule has 0 fully saturated rings. The molecule has 84 valence electrons. The summed E-state index contributed by atoms with van der Waals surface area (Å²) in [5.74, 6) is -0.550. The number of nitriles is 1. The summed E-state index contributed by atoms with van der Waals surface area (Å²) in [5.41, 5.74) is 0.00269. The molecule has 1 aromatic rings. The average molecular weight is 221 g/mol. The molecule has 16 heavy (non-hydrogen) atoms. The lowest BCUT2D eigenvalue weighted by molar-refractivity contribution is 0.0432. The highest BCUT2D eigenvalue weighted by Gasteiger charge is 2.15. The molecule has 0 saturated heterocycles. The number of carbonyl (C=O) groups is 1. The molecule has 0 spiro atoms. The number of hydrogen-bond acceptors (Lipinski definition) is 5. The molecule has 1 rings (SSSR count). The van der Waals surface area contributed by atoms with E-state index < -0.39 is 12.1 Å². The Morgan fingerprint density at radius 1 is 1.56 bits per heavy atom. The molecule has 1 atom stereocenters. The van der Waals surface area contributed by atoms with E-state index in [1.54, 1.807) is 6.07 Å². The van der Waals surface area contributed by atoms with Crippen LogP contribution in [0.3, 0.4) is 0 Å². The van der Waals surface area contributed by atoms with Crippen LogP contribution in [0.25, 0.3) is 0 Å². The van der Waals surface area contributed by atoms with Gasteiger partial charge in [0.25, 0.3) is 0 Å². The molecule has 0 amide bonds. The van der Waals surface area contributed by atoms with Gasteiger partial charge in [-0.2, -0.15) is 5.26 Å². The predicted molar refractivity (Wildman–Crippen MR) is 55.1 cm³/mol. The van der Waals surface area contributed by atoms with Gasteiger partial charge in [-0.25, -0.2) is 4.79 Å². The third kappa shape index (κ3) is 2.64. The SMILES string of the molecule is COc1ccc(C(=O)O[C@H](C)C#N)c(O)c1. The number of nitrogens with zero attached hydrogens (tertiary/aromatic N) is 1. The summed E-state index contributed by atoms with van der Waals surface area (Å²) >= 11 is 0. The summed E-state index contributed by atoms with van der Waals surface area (Å²) in [4.78, 5) is 11.5. The molecule has 0 aliphatic rings. The van der Waals surface area contributed by atoms with Gasteiger partial charge in [0, 0.05) is 6.07 Å². The third-order valence-electron chi connectivity index (χ3n) is 1.89. The van der Waals surface area contributed by atoms with Crippen LogP contribution >= 0.6 is 0 Å². The number of hydrogen-bond donors (Lipinski definition) is 1. The predicted octanol–water partition coefficient (Wildman–Crippen LogP) is 1.47. The minimum absolute atomic E-state index is 0.00269. The molecule has 0 saturated carbocycles. The number of ether oxygens (including phenoxy) is 2. The van der Waals surface area contributed by atoms with E-state index in [4.69, 9.17) is 14.7 Å². The van der Waals surface area contributed by atoms with Crippen LogP contribution in [-0.4, -0.2) is 24.3 Å². The van der Waals surface area contributed by atoms with Crippen molar-refractivity contribution in [2.45, 2.75) is 13.0 Å². The average Bonchev–Trinajstić information content (AvgIpc) is 2.28. The summed E-state index contributed by atoms with van der Waals surface area (Å²) in [7, 11) is 1.45. The number of phenols is 1. The van der Waals surface area contributed by atoms with Crippen molar-refractivity contribution in [3.05, 3.63) is 23.8 Å². The normalized spacial score (nSPS) is 11.3. The molecular formula is C11H11NO4. The van der Waals surface area contributed by atoms with Crippen LogP contribution in [-0.2, 0) is 4.74 Å². The fraction of sp³-hybridized carbons (Fsp3) is 0.273. The first-order valence-electron chi connectivity index (χ1n) is 4.56. The van der Waals surface area contributed by atoms with Crippen molar-refractivity contribution < 1.29 is 19.4 Å². The van der Waals surface area contributed by atoms with E-state index in [-0.39, 0.29) is 11.3 Å². The van der Waals surface area contributed by atoms with Crippen LogP contribution in [0.1, 0.15) is 17.3 Å². The first-order valence-corrected chi connectivity index (χ1v) is 4.56. The van der Waals surface area contributed by atoms with E-state index >= 15 is 0 Å². The maximum Gasteiger partial charge on any atom is 0.343 e. The Morgan fingerprint density at radius 2 is 2.25 bits per heavy atom. The first kappa shape index (κ1) is 11.9. The molecule has 0 aromatic heterocycles. The summed E-state index contributed by atoms with van der Waals surface area (Å²) in [5, 5.41) is 18.0. The second-order valence-electron chi connectivity index (χ2n) is 3.06. The fourth-order valence-electron chi connectivity index (χ4n) is 1.06. The van der Waals surface area contributed by atoms with Gasteiger partial charge in [-0.15, -0.1) is 0 Å². The zero-order chi connectivity index (χ0) is 12.1. The maximum absolute atomic E-state index is 11.5. The van der Waals surface area contributed by atoms with Gasteiger partial charge in [0.2, 0.25) is 0 Å². The van der Waals surface area contributed by atoms with Gasteiger partial charge in [0.05, 0.1) is 7.11 Å². The Kier molecular flexibility index (Phi) is 3.72. The van der Waals surface area contributed by atoms with Crippen LogP contribution < -0.4 is 4.74 Å². The number of methoxy groups -OCH3 is 1. The number of esters is 1. The quantitative estimate of drug-likeness (QED) is 0.782. The van der Waals surface area contributed by atoms with Crippen molar-refractivity contribution in [3.8, 4) is 17.6 Å². The number of aromatic hydroxyl groups is 1. The van der Waals surface area contributed by atoms with Crippen LogP contribution in [0.4, 0.5) is 0 Å². The van der Waals surface area contributed by atoms with Gasteiger partial charge >= 0.3 is 5.97 Å². The number of rotatable bonds is 3. The second-order valence-corrected chi connectivity index (χ2v) is 3.06. The van der Waals surface area contributed by atoms with Crippen molar-refractivity contribution in [1.29, 1.82) is 5.26 Å². The number of carbonyl (C=O) groups excluding carboxylic acids is 1. The van der Waals surface area contributed by atoms with Crippen LogP contribution in [0.15, 0.2) is 18.2 Å². The highest BCUT2D eigenvalue weighted by Crippen LogP contribution is 2.24. The molecule has 5 nitrogen and oxygen atoms in total. The Hall–Kier alpha value is -2.22. The molecule has 1 aromatic carbocycles. The highest BCUT2D eigenvalue weighted by atomic mass is 16.5. The molecule has 0 heterocycles. The Labute approximate surface area is 92.8 Å². The Bertz CT molecular complexity index is 436. The molecule has 5 heteroatoms. The first-order chi connectivity index (χ1) is 7.58. The number of benzene rings is 1. The molecule has 0 unspecified atom stereocenters. The summed E-state index contributed by atoms with van der Waals surface area (Å²) in [6, 6.07) is 5.95. The van der Waals surface area contributed by atoms with Gasteiger partial charge in [-0.1, -0.05) is 0 Å². The molecular weight excluding hydrogens is 210 g/mol. The zero-order valence-corrected chi connectivity index (χ0v) is 8.93.